The maximum atomic E-state index is 12.6. The summed E-state index contributed by atoms with van der Waals surface area (Å²) in [6.07, 6.45) is 3.96. The highest BCUT2D eigenvalue weighted by molar-refractivity contribution is 6.31. The molecule has 2 N–H and O–H groups in total. The SMILES string of the molecule is COc1ccc([C@@]23CC[C@H](NC(=O)Nc4ccc(C)c(Cl)c4)C[C@H]2N(C)CC3)cc1OC. The van der Waals surface area contributed by atoms with E-state index in [4.69, 9.17) is 21.1 Å². The first-order chi connectivity index (χ1) is 15.4. The fourth-order valence-electron chi connectivity index (χ4n) is 5.42. The van der Waals surface area contributed by atoms with Crippen LogP contribution in [0.5, 0.6) is 11.5 Å². The lowest BCUT2D eigenvalue weighted by molar-refractivity contribution is 0.156. The number of ether oxygens (including phenoxy) is 2. The minimum Gasteiger partial charge on any atom is -0.493 e. The van der Waals surface area contributed by atoms with Gasteiger partial charge in [-0.3, -0.25) is 0 Å². The number of halogens is 1. The number of rotatable bonds is 5. The van der Waals surface area contributed by atoms with Crippen LogP contribution in [0.4, 0.5) is 10.5 Å². The molecule has 0 bridgehead atoms. The van der Waals surface area contributed by atoms with Gasteiger partial charge in [0.05, 0.1) is 14.2 Å². The molecule has 4 rings (SSSR count). The molecule has 1 aliphatic heterocycles. The number of nitrogens with zero attached hydrogens (tertiary/aromatic N) is 1. The predicted molar refractivity (Wildman–Crippen MR) is 128 cm³/mol. The first kappa shape index (κ1) is 22.7. The third-order valence-corrected chi connectivity index (χ3v) is 7.66. The predicted octanol–water partition coefficient (Wildman–Crippen LogP) is 4.98. The Morgan fingerprint density at radius 3 is 2.62 bits per heavy atom. The Kier molecular flexibility index (Phi) is 6.54. The molecule has 0 unspecified atom stereocenters. The molecule has 2 aromatic rings. The molecule has 0 radical (unpaired) electrons. The van der Waals surface area contributed by atoms with Gasteiger partial charge in [0.1, 0.15) is 0 Å². The Bertz CT molecular complexity index is 998. The zero-order chi connectivity index (χ0) is 22.9. The van der Waals surface area contributed by atoms with Crippen molar-refractivity contribution in [3.05, 3.63) is 52.5 Å². The fourth-order valence-corrected chi connectivity index (χ4v) is 5.60. The fraction of sp³-hybridized carbons (Fsp3) is 0.480. The number of likely N-dealkylation sites (tertiary alicyclic amines) is 1. The molecule has 172 valence electrons. The van der Waals surface area contributed by atoms with Crippen LogP contribution in [0.15, 0.2) is 36.4 Å². The summed E-state index contributed by atoms with van der Waals surface area (Å²) in [6, 6.07) is 12.2. The van der Waals surface area contributed by atoms with E-state index in [0.29, 0.717) is 16.8 Å². The Hall–Kier alpha value is -2.44. The molecular weight excluding hydrogens is 426 g/mol. The molecule has 2 amide bonds. The standard InChI is InChI=1S/C25H32ClN3O3/c1-16-5-7-18(14-20(16)26)27-24(30)28-19-9-10-25(11-12-29(2)23(25)15-19)17-6-8-21(31-3)22(13-17)32-4/h5-8,13-14,19,23H,9-12,15H2,1-4H3,(H2,27,28,30)/t19-,23+,25-/m0/s1. The van der Waals surface area contributed by atoms with E-state index >= 15 is 0 Å². The topological polar surface area (TPSA) is 62.8 Å². The number of anilines is 1. The van der Waals surface area contributed by atoms with Gasteiger partial charge in [0.2, 0.25) is 0 Å². The van der Waals surface area contributed by atoms with Gasteiger partial charge in [-0.1, -0.05) is 23.7 Å². The van der Waals surface area contributed by atoms with Crippen LogP contribution in [-0.4, -0.2) is 50.8 Å². The number of amides is 2. The molecule has 3 atom stereocenters. The van der Waals surface area contributed by atoms with E-state index in [0.717, 1.165) is 49.3 Å². The molecule has 2 fully saturated rings. The van der Waals surface area contributed by atoms with Crippen molar-refractivity contribution < 1.29 is 14.3 Å². The van der Waals surface area contributed by atoms with Gasteiger partial charge in [0, 0.05) is 28.2 Å². The smallest absolute Gasteiger partial charge is 0.319 e. The van der Waals surface area contributed by atoms with E-state index in [1.807, 2.05) is 25.1 Å². The summed E-state index contributed by atoms with van der Waals surface area (Å²) in [5, 5.41) is 6.74. The van der Waals surface area contributed by atoms with Gasteiger partial charge >= 0.3 is 6.03 Å². The molecule has 7 heteroatoms. The van der Waals surface area contributed by atoms with E-state index in [-0.39, 0.29) is 17.5 Å². The number of hydrogen-bond acceptors (Lipinski definition) is 4. The quantitative estimate of drug-likeness (QED) is 0.664. The van der Waals surface area contributed by atoms with Crippen LogP contribution in [-0.2, 0) is 5.41 Å². The van der Waals surface area contributed by atoms with Crippen molar-refractivity contribution in [2.45, 2.75) is 50.1 Å². The van der Waals surface area contributed by atoms with Crippen LogP contribution in [0.3, 0.4) is 0 Å². The number of carbonyl (C=O) groups is 1. The second-order valence-corrected chi connectivity index (χ2v) is 9.41. The minimum atomic E-state index is -0.186. The Morgan fingerprint density at radius 1 is 1.12 bits per heavy atom. The Morgan fingerprint density at radius 2 is 1.91 bits per heavy atom. The van der Waals surface area contributed by atoms with Crippen LogP contribution in [0.1, 0.15) is 36.8 Å². The lowest BCUT2D eigenvalue weighted by Gasteiger charge is -2.45. The highest BCUT2D eigenvalue weighted by Crippen LogP contribution is 2.49. The van der Waals surface area contributed by atoms with Crippen molar-refractivity contribution in [2.75, 3.05) is 33.1 Å². The van der Waals surface area contributed by atoms with Crippen LogP contribution in [0.2, 0.25) is 5.02 Å². The number of carbonyl (C=O) groups excluding carboxylic acids is 1. The summed E-state index contributed by atoms with van der Waals surface area (Å²) in [4.78, 5) is 15.1. The van der Waals surface area contributed by atoms with Gasteiger partial charge in [-0.05, 0) is 81.6 Å². The molecule has 6 nitrogen and oxygen atoms in total. The molecule has 2 aromatic carbocycles. The zero-order valence-corrected chi connectivity index (χ0v) is 20.0. The van der Waals surface area contributed by atoms with E-state index in [1.165, 1.54) is 5.56 Å². The number of methoxy groups -OCH3 is 2. The van der Waals surface area contributed by atoms with E-state index in [9.17, 15) is 4.79 Å². The molecule has 1 saturated carbocycles. The normalized spacial score (nSPS) is 25.2. The van der Waals surface area contributed by atoms with Crippen molar-refractivity contribution in [2.24, 2.45) is 0 Å². The second kappa shape index (κ2) is 9.20. The molecule has 1 saturated heterocycles. The molecule has 1 aliphatic carbocycles. The van der Waals surface area contributed by atoms with Crippen molar-refractivity contribution in [1.82, 2.24) is 10.2 Å². The largest absolute Gasteiger partial charge is 0.493 e. The Labute approximate surface area is 195 Å². The van der Waals surface area contributed by atoms with E-state index in [1.54, 1.807) is 20.3 Å². The number of nitrogens with one attached hydrogen (secondary N) is 2. The molecule has 1 heterocycles. The number of hydrogen-bond donors (Lipinski definition) is 2. The highest BCUT2D eigenvalue weighted by Gasteiger charge is 2.50. The van der Waals surface area contributed by atoms with Gasteiger partial charge < -0.3 is 25.0 Å². The summed E-state index contributed by atoms with van der Waals surface area (Å²) in [5.41, 5.74) is 3.04. The zero-order valence-electron chi connectivity index (χ0n) is 19.2. The molecule has 32 heavy (non-hydrogen) atoms. The maximum absolute atomic E-state index is 12.6. The van der Waals surface area contributed by atoms with Gasteiger partial charge in [0.25, 0.3) is 0 Å². The first-order valence-electron chi connectivity index (χ1n) is 11.1. The average molecular weight is 458 g/mol. The minimum absolute atomic E-state index is 0.0629. The highest BCUT2D eigenvalue weighted by atomic mass is 35.5. The van der Waals surface area contributed by atoms with Crippen molar-refractivity contribution >= 4 is 23.3 Å². The third-order valence-electron chi connectivity index (χ3n) is 7.25. The summed E-state index contributed by atoms with van der Waals surface area (Å²) in [7, 11) is 5.52. The summed E-state index contributed by atoms with van der Waals surface area (Å²) >= 11 is 6.19. The van der Waals surface area contributed by atoms with E-state index < -0.39 is 0 Å². The molecular formula is C25H32ClN3O3. The molecule has 0 aromatic heterocycles. The van der Waals surface area contributed by atoms with Crippen molar-refractivity contribution in [1.29, 1.82) is 0 Å². The summed E-state index contributed by atoms with van der Waals surface area (Å²) in [5.74, 6) is 1.52. The number of urea groups is 1. The average Bonchev–Trinajstić information content (AvgIpc) is 3.13. The lowest BCUT2D eigenvalue weighted by Crippen LogP contribution is -2.52. The maximum Gasteiger partial charge on any atom is 0.319 e. The molecule has 2 aliphatic rings. The summed E-state index contributed by atoms with van der Waals surface area (Å²) in [6.45, 7) is 2.98. The van der Waals surface area contributed by atoms with E-state index in [2.05, 4.69) is 34.7 Å². The van der Waals surface area contributed by atoms with Crippen molar-refractivity contribution in [3.8, 4) is 11.5 Å². The number of aryl methyl sites for hydroxylation is 1. The van der Waals surface area contributed by atoms with Crippen LogP contribution in [0.25, 0.3) is 0 Å². The monoisotopic (exact) mass is 457 g/mol. The van der Waals surface area contributed by atoms with Crippen LogP contribution < -0.4 is 20.1 Å². The third kappa shape index (κ3) is 4.26. The van der Waals surface area contributed by atoms with Gasteiger partial charge in [-0.15, -0.1) is 0 Å². The van der Waals surface area contributed by atoms with Gasteiger partial charge in [-0.2, -0.15) is 0 Å². The molecule has 0 spiro atoms. The van der Waals surface area contributed by atoms with Gasteiger partial charge in [0.15, 0.2) is 11.5 Å². The second-order valence-electron chi connectivity index (χ2n) is 9.01. The lowest BCUT2D eigenvalue weighted by atomic mass is 9.65. The van der Waals surface area contributed by atoms with Gasteiger partial charge in [-0.25, -0.2) is 4.79 Å². The summed E-state index contributed by atoms with van der Waals surface area (Å²) < 4.78 is 11.0. The number of likely N-dealkylation sites (N-methyl/N-ethyl adjacent to an activating group) is 1. The Balaban J connectivity index is 1.47. The van der Waals surface area contributed by atoms with Crippen molar-refractivity contribution in [3.63, 3.8) is 0 Å². The number of fused-ring (bicyclic) bond motifs is 1. The number of benzene rings is 2. The first-order valence-corrected chi connectivity index (χ1v) is 11.5. The van der Waals surface area contributed by atoms with Crippen LogP contribution >= 0.6 is 11.6 Å². The van der Waals surface area contributed by atoms with Crippen LogP contribution in [0, 0.1) is 6.92 Å².